The van der Waals surface area contributed by atoms with Crippen LogP contribution in [0.2, 0.25) is 0 Å². The summed E-state index contributed by atoms with van der Waals surface area (Å²) in [5.41, 5.74) is 1.51. The molecule has 1 aromatic rings. The van der Waals surface area contributed by atoms with Gasteiger partial charge in [0.1, 0.15) is 0 Å². The SMILES string of the molecule is O=C(N[C@@H]1[C@@H]2CCO[C@@H]2[C@@H]1C1CCCC1)c1ccc(CO)cc1. The van der Waals surface area contributed by atoms with Crippen molar-refractivity contribution in [3.05, 3.63) is 35.4 Å². The average molecular weight is 315 g/mol. The molecule has 1 aliphatic heterocycles. The van der Waals surface area contributed by atoms with E-state index in [-0.39, 0.29) is 18.6 Å². The van der Waals surface area contributed by atoms with E-state index in [1.165, 1.54) is 25.7 Å². The van der Waals surface area contributed by atoms with Crippen LogP contribution in [0.5, 0.6) is 0 Å². The van der Waals surface area contributed by atoms with Crippen LogP contribution < -0.4 is 5.32 Å². The number of aliphatic hydroxyl groups is 1. The van der Waals surface area contributed by atoms with Crippen LogP contribution in [0.3, 0.4) is 0 Å². The number of fused-ring (bicyclic) bond motifs is 1. The molecule has 0 aromatic heterocycles. The summed E-state index contributed by atoms with van der Waals surface area (Å²) in [7, 11) is 0. The van der Waals surface area contributed by atoms with Crippen molar-refractivity contribution < 1.29 is 14.6 Å². The van der Waals surface area contributed by atoms with Crippen LogP contribution in [0.25, 0.3) is 0 Å². The summed E-state index contributed by atoms with van der Waals surface area (Å²) < 4.78 is 5.95. The van der Waals surface area contributed by atoms with Crippen molar-refractivity contribution >= 4 is 5.91 Å². The summed E-state index contributed by atoms with van der Waals surface area (Å²) in [6.45, 7) is 0.853. The fraction of sp³-hybridized carbons (Fsp3) is 0.632. The predicted molar refractivity (Wildman–Crippen MR) is 86.9 cm³/mol. The van der Waals surface area contributed by atoms with Gasteiger partial charge in [0.05, 0.1) is 12.7 Å². The van der Waals surface area contributed by atoms with E-state index in [1.807, 2.05) is 12.1 Å². The molecule has 2 N–H and O–H groups in total. The van der Waals surface area contributed by atoms with Crippen molar-refractivity contribution in [3.63, 3.8) is 0 Å². The lowest BCUT2D eigenvalue weighted by atomic mass is 9.61. The van der Waals surface area contributed by atoms with Crippen molar-refractivity contribution in [2.24, 2.45) is 17.8 Å². The first-order chi connectivity index (χ1) is 11.3. The number of carbonyl (C=O) groups excluding carboxylic acids is 1. The van der Waals surface area contributed by atoms with Gasteiger partial charge in [0.25, 0.3) is 5.91 Å². The molecule has 3 aliphatic rings. The normalized spacial score (nSPS) is 33.3. The predicted octanol–water partition coefficient (Wildman–Crippen LogP) is 2.50. The minimum atomic E-state index is 0.00726. The molecule has 1 saturated heterocycles. The molecule has 4 atom stereocenters. The molecular weight excluding hydrogens is 290 g/mol. The Labute approximate surface area is 137 Å². The van der Waals surface area contributed by atoms with Gasteiger partial charge in [-0.05, 0) is 30.0 Å². The Balaban J connectivity index is 1.46. The quantitative estimate of drug-likeness (QED) is 0.897. The monoisotopic (exact) mass is 315 g/mol. The van der Waals surface area contributed by atoms with E-state index in [9.17, 15) is 4.79 Å². The Morgan fingerprint density at radius 2 is 1.91 bits per heavy atom. The Kier molecular flexibility index (Phi) is 4.12. The van der Waals surface area contributed by atoms with Gasteiger partial charge < -0.3 is 15.2 Å². The van der Waals surface area contributed by atoms with Crippen LogP contribution in [0.15, 0.2) is 24.3 Å². The number of hydrogen-bond donors (Lipinski definition) is 2. The number of benzene rings is 1. The van der Waals surface area contributed by atoms with E-state index in [2.05, 4.69) is 5.32 Å². The zero-order valence-corrected chi connectivity index (χ0v) is 13.4. The molecule has 4 rings (SSSR count). The largest absolute Gasteiger partial charge is 0.392 e. The molecule has 0 unspecified atom stereocenters. The molecule has 3 fully saturated rings. The number of carbonyl (C=O) groups is 1. The summed E-state index contributed by atoms with van der Waals surface area (Å²) in [5.74, 6) is 1.73. The summed E-state index contributed by atoms with van der Waals surface area (Å²) in [5, 5.41) is 12.4. The number of rotatable bonds is 4. The highest BCUT2D eigenvalue weighted by molar-refractivity contribution is 5.94. The van der Waals surface area contributed by atoms with E-state index in [4.69, 9.17) is 9.84 Å². The highest BCUT2D eigenvalue weighted by atomic mass is 16.5. The lowest BCUT2D eigenvalue weighted by Gasteiger charge is -2.50. The number of ether oxygens (including phenoxy) is 1. The highest BCUT2D eigenvalue weighted by Crippen LogP contribution is 2.51. The van der Waals surface area contributed by atoms with Gasteiger partial charge in [-0.2, -0.15) is 0 Å². The Hall–Kier alpha value is -1.39. The lowest BCUT2D eigenvalue weighted by molar-refractivity contribution is -0.0784. The van der Waals surface area contributed by atoms with Crippen LogP contribution in [-0.2, 0) is 11.3 Å². The fourth-order valence-corrected chi connectivity index (χ4v) is 4.86. The van der Waals surface area contributed by atoms with Crippen LogP contribution in [-0.4, -0.2) is 29.8 Å². The van der Waals surface area contributed by atoms with Gasteiger partial charge in [0.15, 0.2) is 0 Å². The van der Waals surface area contributed by atoms with E-state index in [1.54, 1.807) is 12.1 Å². The molecule has 0 bridgehead atoms. The summed E-state index contributed by atoms with van der Waals surface area (Å²) >= 11 is 0. The van der Waals surface area contributed by atoms with Crippen molar-refractivity contribution in [3.8, 4) is 0 Å². The van der Waals surface area contributed by atoms with Crippen LogP contribution >= 0.6 is 0 Å². The molecule has 1 amide bonds. The third kappa shape index (κ3) is 2.68. The Bertz CT molecular complexity index is 560. The van der Waals surface area contributed by atoms with Crippen LogP contribution in [0.1, 0.15) is 48.0 Å². The minimum absolute atomic E-state index is 0.00726. The third-order valence-electron chi connectivity index (χ3n) is 6.08. The van der Waals surface area contributed by atoms with Crippen molar-refractivity contribution in [1.82, 2.24) is 5.32 Å². The van der Waals surface area contributed by atoms with E-state index in [0.717, 1.165) is 24.5 Å². The van der Waals surface area contributed by atoms with Crippen LogP contribution in [0.4, 0.5) is 0 Å². The summed E-state index contributed by atoms with van der Waals surface area (Å²) in [6.07, 6.45) is 6.66. The maximum absolute atomic E-state index is 12.6. The molecule has 124 valence electrons. The molecule has 4 nitrogen and oxygen atoms in total. The fourth-order valence-electron chi connectivity index (χ4n) is 4.86. The lowest BCUT2D eigenvalue weighted by Crippen LogP contribution is -2.63. The number of hydrogen-bond acceptors (Lipinski definition) is 3. The second kappa shape index (κ2) is 6.25. The zero-order valence-electron chi connectivity index (χ0n) is 13.4. The molecule has 0 radical (unpaired) electrons. The first-order valence-corrected chi connectivity index (χ1v) is 8.90. The van der Waals surface area contributed by atoms with Gasteiger partial charge in [-0.1, -0.05) is 37.8 Å². The Morgan fingerprint density at radius 3 is 2.61 bits per heavy atom. The first-order valence-electron chi connectivity index (χ1n) is 8.90. The maximum Gasteiger partial charge on any atom is 0.251 e. The summed E-state index contributed by atoms with van der Waals surface area (Å²) in [6, 6.07) is 7.49. The summed E-state index contributed by atoms with van der Waals surface area (Å²) in [4.78, 5) is 12.6. The Morgan fingerprint density at radius 1 is 1.17 bits per heavy atom. The van der Waals surface area contributed by atoms with Gasteiger partial charge in [-0.15, -0.1) is 0 Å². The van der Waals surface area contributed by atoms with E-state index >= 15 is 0 Å². The van der Waals surface area contributed by atoms with Gasteiger partial charge in [0.2, 0.25) is 0 Å². The van der Waals surface area contributed by atoms with Crippen LogP contribution in [0, 0.1) is 17.8 Å². The minimum Gasteiger partial charge on any atom is -0.392 e. The average Bonchev–Trinajstić information content (AvgIpc) is 3.23. The third-order valence-corrected chi connectivity index (χ3v) is 6.08. The maximum atomic E-state index is 12.6. The van der Waals surface area contributed by atoms with Gasteiger partial charge in [-0.25, -0.2) is 0 Å². The standard InChI is InChI=1S/C19H25NO3/c21-11-12-5-7-14(8-6-12)19(22)20-17-15-9-10-23-18(15)16(17)13-3-1-2-4-13/h5-8,13,15-18,21H,1-4,9-11H2,(H,20,22)/t15-,16+,17+,18-/m0/s1. The number of aliphatic hydroxyl groups excluding tert-OH is 1. The van der Waals surface area contributed by atoms with Gasteiger partial charge in [0, 0.05) is 30.0 Å². The molecular formula is C19H25NO3. The van der Waals surface area contributed by atoms with E-state index < -0.39 is 0 Å². The van der Waals surface area contributed by atoms with Gasteiger partial charge in [-0.3, -0.25) is 4.79 Å². The zero-order chi connectivity index (χ0) is 15.8. The topological polar surface area (TPSA) is 58.6 Å². The second-order valence-corrected chi connectivity index (χ2v) is 7.26. The van der Waals surface area contributed by atoms with Gasteiger partial charge >= 0.3 is 0 Å². The smallest absolute Gasteiger partial charge is 0.251 e. The van der Waals surface area contributed by atoms with Crippen molar-refractivity contribution in [2.45, 2.75) is 50.9 Å². The molecule has 2 saturated carbocycles. The molecule has 1 heterocycles. The number of nitrogens with one attached hydrogen (secondary N) is 1. The molecule has 23 heavy (non-hydrogen) atoms. The first kappa shape index (κ1) is 15.2. The van der Waals surface area contributed by atoms with Crippen molar-refractivity contribution in [1.29, 1.82) is 0 Å². The van der Waals surface area contributed by atoms with E-state index in [0.29, 0.717) is 23.5 Å². The second-order valence-electron chi connectivity index (χ2n) is 7.26. The molecule has 0 spiro atoms. The van der Waals surface area contributed by atoms with Crippen molar-refractivity contribution in [2.75, 3.05) is 6.61 Å². The number of amides is 1. The molecule has 2 aliphatic carbocycles. The highest BCUT2D eigenvalue weighted by Gasteiger charge is 2.56. The molecule has 1 aromatic carbocycles. The molecule has 4 heteroatoms.